The standard InChI is InChI=1S/C19H11F3N2O2/c20-12-7-8-13(18(22)17(12)21)23-15(25)9-24-14-6-2-4-10-3-1-5-11(16(10)14)19(24)26/h1-8H,9H2,(H,23,25). The summed E-state index contributed by atoms with van der Waals surface area (Å²) in [5.74, 6) is -5.59. The van der Waals surface area contributed by atoms with Crippen LogP contribution in [0.2, 0.25) is 0 Å². The molecule has 0 spiro atoms. The quantitative estimate of drug-likeness (QED) is 0.725. The van der Waals surface area contributed by atoms with Crippen LogP contribution in [0.4, 0.5) is 24.5 Å². The number of hydrogen-bond acceptors (Lipinski definition) is 2. The number of hydrogen-bond donors (Lipinski definition) is 1. The molecule has 130 valence electrons. The summed E-state index contributed by atoms with van der Waals surface area (Å²) in [5.41, 5.74) is 0.560. The molecule has 4 rings (SSSR count). The van der Waals surface area contributed by atoms with Gasteiger partial charge in [0.1, 0.15) is 6.54 Å². The van der Waals surface area contributed by atoms with E-state index in [0.29, 0.717) is 17.3 Å². The monoisotopic (exact) mass is 356 g/mol. The second-order valence-corrected chi connectivity index (χ2v) is 5.84. The molecule has 4 nitrogen and oxygen atoms in total. The molecule has 0 aliphatic carbocycles. The van der Waals surface area contributed by atoms with Crippen LogP contribution < -0.4 is 10.2 Å². The van der Waals surface area contributed by atoms with Gasteiger partial charge in [-0.15, -0.1) is 0 Å². The van der Waals surface area contributed by atoms with Crippen LogP contribution in [0.15, 0.2) is 48.5 Å². The Bertz CT molecular complexity index is 1080. The van der Waals surface area contributed by atoms with Gasteiger partial charge < -0.3 is 5.32 Å². The number of nitrogens with zero attached hydrogens (tertiary/aromatic N) is 1. The first kappa shape index (κ1) is 16.1. The first-order valence-electron chi connectivity index (χ1n) is 7.74. The lowest BCUT2D eigenvalue weighted by molar-refractivity contribution is -0.114. The molecule has 0 saturated heterocycles. The Morgan fingerprint density at radius 1 is 0.962 bits per heavy atom. The van der Waals surface area contributed by atoms with Gasteiger partial charge in [-0.2, -0.15) is 0 Å². The number of halogens is 3. The maximum atomic E-state index is 13.7. The first-order chi connectivity index (χ1) is 12.5. The minimum atomic E-state index is -1.67. The van der Waals surface area contributed by atoms with Crippen molar-refractivity contribution in [2.24, 2.45) is 0 Å². The Balaban J connectivity index is 1.61. The molecule has 26 heavy (non-hydrogen) atoms. The summed E-state index contributed by atoms with van der Waals surface area (Å²) in [5, 5.41) is 3.78. The highest BCUT2D eigenvalue weighted by atomic mass is 19.2. The summed E-state index contributed by atoms with van der Waals surface area (Å²) >= 11 is 0. The predicted octanol–water partition coefficient (Wildman–Crippen LogP) is 3.86. The van der Waals surface area contributed by atoms with Crippen molar-refractivity contribution in [3.63, 3.8) is 0 Å². The third kappa shape index (κ3) is 2.40. The molecule has 2 amide bonds. The van der Waals surface area contributed by atoms with Gasteiger partial charge in [0.15, 0.2) is 17.5 Å². The molecular formula is C19H11F3N2O2. The van der Waals surface area contributed by atoms with Gasteiger partial charge in [-0.1, -0.05) is 24.3 Å². The molecule has 0 bridgehead atoms. The third-order valence-corrected chi connectivity index (χ3v) is 4.26. The third-order valence-electron chi connectivity index (χ3n) is 4.26. The van der Waals surface area contributed by atoms with Crippen LogP contribution in [0.25, 0.3) is 10.8 Å². The van der Waals surface area contributed by atoms with Crippen LogP contribution in [-0.4, -0.2) is 18.4 Å². The number of nitrogens with one attached hydrogen (secondary N) is 1. The number of anilines is 2. The fourth-order valence-corrected chi connectivity index (χ4v) is 3.09. The van der Waals surface area contributed by atoms with Crippen LogP contribution in [0.5, 0.6) is 0 Å². The van der Waals surface area contributed by atoms with Gasteiger partial charge in [0.25, 0.3) is 5.91 Å². The van der Waals surface area contributed by atoms with Gasteiger partial charge >= 0.3 is 0 Å². The summed E-state index contributed by atoms with van der Waals surface area (Å²) in [6.07, 6.45) is 0. The van der Waals surface area contributed by atoms with E-state index in [0.717, 1.165) is 16.8 Å². The molecule has 1 aliphatic rings. The lowest BCUT2D eigenvalue weighted by Crippen LogP contribution is -2.35. The second-order valence-electron chi connectivity index (χ2n) is 5.84. The molecule has 1 aliphatic heterocycles. The lowest BCUT2D eigenvalue weighted by Gasteiger charge is -2.17. The summed E-state index contributed by atoms with van der Waals surface area (Å²) in [4.78, 5) is 26.1. The van der Waals surface area contributed by atoms with Crippen molar-refractivity contribution in [1.82, 2.24) is 0 Å². The normalized spacial score (nSPS) is 12.7. The predicted molar refractivity (Wildman–Crippen MR) is 90.6 cm³/mol. The summed E-state index contributed by atoms with van der Waals surface area (Å²) in [6.45, 7) is -0.384. The van der Waals surface area contributed by atoms with E-state index in [4.69, 9.17) is 0 Å². The second kappa shape index (κ2) is 5.87. The Hall–Kier alpha value is -3.35. The molecule has 7 heteroatoms. The van der Waals surface area contributed by atoms with Crippen LogP contribution in [-0.2, 0) is 4.79 Å². The molecule has 0 radical (unpaired) electrons. The fraction of sp³-hybridized carbons (Fsp3) is 0.0526. The SMILES string of the molecule is O=C(CN1C(=O)c2cccc3cccc1c23)Nc1ccc(F)c(F)c1F. The number of benzene rings is 3. The van der Waals surface area contributed by atoms with Crippen molar-refractivity contribution in [3.05, 3.63) is 71.5 Å². The number of carbonyl (C=O) groups is 2. The number of amides is 2. The highest BCUT2D eigenvalue weighted by Crippen LogP contribution is 2.37. The van der Waals surface area contributed by atoms with Gasteiger partial charge in [0.05, 0.1) is 11.4 Å². The van der Waals surface area contributed by atoms with E-state index in [9.17, 15) is 22.8 Å². The average Bonchev–Trinajstić information content (AvgIpc) is 2.90. The topological polar surface area (TPSA) is 49.4 Å². The minimum Gasteiger partial charge on any atom is -0.322 e. The largest absolute Gasteiger partial charge is 0.322 e. The molecule has 0 saturated carbocycles. The van der Waals surface area contributed by atoms with Gasteiger partial charge in [0.2, 0.25) is 5.91 Å². The van der Waals surface area contributed by atoms with E-state index < -0.39 is 29.0 Å². The highest BCUT2D eigenvalue weighted by molar-refractivity contribution is 6.26. The lowest BCUT2D eigenvalue weighted by atomic mass is 10.1. The molecule has 0 fully saturated rings. The molecule has 0 unspecified atom stereocenters. The van der Waals surface area contributed by atoms with Crippen molar-refractivity contribution in [3.8, 4) is 0 Å². The molecule has 3 aromatic rings. The maximum absolute atomic E-state index is 13.7. The Morgan fingerprint density at radius 3 is 2.46 bits per heavy atom. The van der Waals surface area contributed by atoms with Crippen LogP contribution in [0, 0.1) is 17.5 Å². The Kier molecular flexibility index (Phi) is 3.64. The van der Waals surface area contributed by atoms with Crippen molar-refractivity contribution >= 4 is 34.0 Å². The van der Waals surface area contributed by atoms with E-state index in [2.05, 4.69) is 5.32 Å². The first-order valence-corrected chi connectivity index (χ1v) is 7.74. The average molecular weight is 356 g/mol. The van der Waals surface area contributed by atoms with Crippen molar-refractivity contribution in [1.29, 1.82) is 0 Å². The molecule has 3 aromatic carbocycles. The van der Waals surface area contributed by atoms with Crippen LogP contribution in [0.1, 0.15) is 10.4 Å². The zero-order chi connectivity index (χ0) is 18.4. The molecule has 0 aromatic heterocycles. The van der Waals surface area contributed by atoms with Crippen LogP contribution >= 0.6 is 0 Å². The molecule has 1 heterocycles. The van der Waals surface area contributed by atoms with E-state index in [1.807, 2.05) is 12.1 Å². The van der Waals surface area contributed by atoms with Gasteiger partial charge in [-0.3, -0.25) is 14.5 Å². The van der Waals surface area contributed by atoms with Gasteiger partial charge in [-0.25, -0.2) is 13.2 Å². The van der Waals surface area contributed by atoms with Gasteiger partial charge in [-0.05, 0) is 29.7 Å². The Labute approximate surface area is 145 Å². The van der Waals surface area contributed by atoms with Crippen molar-refractivity contribution in [2.45, 2.75) is 0 Å². The van der Waals surface area contributed by atoms with Crippen molar-refractivity contribution in [2.75, 3.05) is 16.8 Å². The van der Waals surface area contributed by atoms with Crippen LogP contribution in [0.3, 0.4) is 0 Å². The van der Waals surface area contributed by atoms with E-state index >= 15 is 0 Å². The highest BCUT2D eigenvalue weighted by Gasteiger charge is 2.31. The van der Waals surface area contributed by atoms with E-state index in [-0.39, 0.29) is 12.5 Å². The smallest absolute Gasteiger partial charge is 0.259 e. The zero-order valence-electron chi connectivity index (χ0n) is 13.2. The fourth-order valence-electron chi connectivity index (χ4n) is 3.09. The maximum Gasteiger partial charge on any atom is 0.259 e. The zero-order valence-corrected chi connectivity index (χ0v) is 13.2. The van der Waals surface area contributed by atoms with E-state index in [1.165, 1.54) is 4.90 Å². The minimum absolute atomic E-state index is 0.349. The number of rotatable bonds is 3. The summed E-state index contributed by atoms with van der Waals surface area (Å²) in [7, 11) is 0. The summed E-state index contributed by atoms with van der Waals surface area (Å²) < 4.78 is 40.0. The van der Waals surface area contributed by atoms with Crippen molar-refractivity contribution < 1.29 is 22.8 Å². The molecule has 1 N–H and O–H groups in total. The Morgan fingerprint density at radius 2 is 1.69 bits per heavy atom. The molecular weight excluding hydrogens is 345 g/mol. The van der Waals surface area contributed by atoms with Gasteiger partial charge in [0, 0.05) is 10.9 Å². The summed E-state index contributed by atoms with van der Waals surface area (Å²) in [6, 6.07) is 12.2. The van der Waals surface area contributed by atoms with E-state index in [1.54, 1.807) is 24.3 Å². The molecule has 0 atom stereocenters. The number of carbonyl (C=O) groups excluding carboxylic acids is 2.